The molecule has 0 fully saturated rings. The standard InChI is InChI=1S/C21H30N4O2S/c1-6-22-21(24-14(2)11-18-9-7-15(3)28-18)23-13-17-8-10-20(27-5)19(12-17)25-16(4)26/h7-10,12,14H,6,11,13H2,1-5H3,(H,25,26)(H2,22,23,24). The maximum absolute atomic E-state index is 11.4. The Hall–Kier alpha value is -2.54. The highest BCUT2D eigenvalue weighted by molar-refractivity contribution is 7.11. The average molecular weight is 403 g/mol. The van der Waals surface area contributed by atoms with E-state index in [1.807, 2.05) is 36.5 Å². The van der Waals surface area contributed by atoms with E-state index >= 15 is 0 Å². The number of nitrogens with zero attached hydrogens (tertiary/aromatic N) is 1. The summed E-state index contributed by atoms with van der Waals surface area (Å²) in [5.41, 5.74) is 1.64. The summed E-state index contributed by atoms with van der Waals surface area (Å²) in [6.45, 7) is 9.10. The molecule has 0 aliphatic carbocycles. The Morgan fingerprint density at radius 2 is 2.07 bits per heavy atom. The second-order valence-electron chi connectivity index (χ2n) is 6.67. The van der Waals surface area contributed by atoms with Gasteiger partial charge in [-0.1, -0.05) is 6.07 Å². The average Bonchev–Trinajstić information content (AvgIpc) is 3.04. The van der Waals surface area contributed by atoms with Gasteiger partial charge in [0.2, 0.25) is 5.91 Å². The summed E-state index contributed by atoms with van der Waals surface area (Å²) in [6, 6.07) is 10.3. The lowest BCUT2D eigenvalue weighted by molar-refractivity contribution is -0.114. The summed E-state index contributed by atoms with van der Waals surface area (Å²) in [6.07, 6.45) is 0.956. The van der Waals surface area contributed by atoms with Crippen molar-refractivity contribution in [2.45, 2.75) is 46.7 Å². The molecule has 0 saturated carbocycles. The van der Waals surface area contributed by atoms with Crippen molar-refractivity contribution >= 4 is 28.9 Å². The van der Waals surface area contributed by atoms with E-state index < -0.39 is 0 Å². The van der Waals surface area contributed by atoms with Gasteiger partial charge in [-0.15, -0.1) is 11.3 Å². The summed E-state index contributed by atoms with van der Waals surface area (Å²) >= 11 is 1.83. The van der Waals surface area contributed by atoms with Crippen molar-refractivity contribution in [3.8, 4) is 5.75 Å². The fourth-order valence-electron chi connectivity index (χ4n) is 2.81. The van der Waals surface area contributed by atoms with Crippen LogP contribution < -0.4 is 20.7 Å². The van der Waals surface area contributed by atoms with E-state index in [1.165, 1.54) is 16.7 Å². The molecule has 2 rings (SSSR count). The molecular formula is C21H30N4O2S. The molecule has 2 aromatic rings. The molecular weight excluding hydrogens is 372 g/mol. The van der Waals surface area contributed by atoms with Crippen LogP contribution >= 0.6 is 11.3 Å². The number of carbonyl (C=O) groups excluding carboxylic acids is 1. The molecule has 1 amide bonds. The zero-order valence-corrected chi connectivity index (χ0v) is 18.1. The van der Waals surface area contributed by atoms with Crippen LogP contribution in [0.15, 0.2) is 35.3 Å². The highest BCUT2D eigenvalue weighted by Crippen LogP contribution is 2.25. The van der Waals surface area contributed by atoms with E-state index in [9.17, 15) is 4.79 Å². The van der Waals surface area contributed by atoms with Crippen molar-refractivity contribution in [3.05, 3.63) is 45.6 Å². The topological polar surface area (TPSA) is 74.8 Å². The molecule has 0 aliphatic rings. The number of amides is 1. The van der Waals surface area contributed by atoms with Crippen molar-refractivity contribution in [1.82, 2.24) is 10.6 Å². The predicted molar refractivity (Wildman–Crippen MR) is 117 cm³/mol. The quantitative estimate of drug-likeness (QED) is 0.465. The Bertz CT molecular complexity index is 816. The summed E-state index contributed by atoms with van der Waals surface area (Å²) in [7, 11) is 1.59. The predicted octanol–water partition coefficient (Wildman–Crippen LogP) is 3.71. The summed E-state index contributed by atoms with van der Waals surface area (Å²) in [5, 5.41) is 9.55. The second kappa shape index (κ2) is 10.7. The number of hydrogen-bond acceptors (Lipinski definition) is 4. The SMILES string of the molecule is CCNC(=NCc1ccc(OC)c(NC(C)=O)c1)NC(C)Cc1ccc(C)s1. The van der Waals surface area contributed by atoms with Crippen LogP contribution in [0.5, 0.6) is 5.75 Å². The largest absolute Gasteiger partial charge is 0.495 e. The number of hydrogen-bond donors (Lipinski definition) is 3. The van der Waals surface area contributed by atoms with Crippen LogP contribution in [0.1, 0.15) is 36.1 Å². The fourth-order valence-corrected chi connectivity index (χ4v) is 3.83. The Balaban J connectivity index is 2.05. The van der Waals surface area contributed by atoms with Gasteiger partial charge in [-0.2, -0.15) is 0 Å². The molecule has 7 heteroatoms. The first-order valence-corrected chi connectivity index (χ1v) is 10.3. The van der Waals surface area contributed by atoms with Gasteiger partial charge >= 0.3 is 0 Å². The number of aliphatic imine (C=N–C) groups is 1. The van der Waals surface area contributed by atoms with E-state index in [0.717, 1.165) is 24.5 Å². The number of carbonyl (C=O) groups is 1. The molecule has 1 unspecified atom stereocenters. The van der Waals surface area contributed by atoms with Gasteiger partial charge in [0.25, 0.3) is 0 Å². The Morgan fingerprint density at radius 1 is 1.29 bits per heavy atom. The Morgan fingerprint density at radius 3 is 2.68 bits per heavy atom. The minimum Gasteiger partial charge on any atom is -0.495 e. The number of aryl methyl sites for hydroxylation is 1. The molecule has 1 aromatic carbocycles. The van der Waals surface area contributed by atoms with E-state index in [-0.39, 0.29) is 11.9 Å². The molecule has 1 heterocycles. The molecule has 0 radical (unpaired) electrons. The molecule has 28 heavy (non-hydrogen) atoms. The minimum absolute atomic E-state index is 0.133. The Labute approximate surface area is 171 Å². The lowest BCUT2D eigenvalue weighted by Gasteiger charge is -2.17. The number of methoxy groups -OCH3 is 1. The molecule has 0 saturated heterocycles. The minimum atomic E-state index is -0.133. The van der Waals surface area contributed by atoms with Crippen LogP contribution in [0.4, 0.5) is 5.69 Å². The summed E-state index contributed by atoms with van der Waals surface area (Å²) < 4.78 is 5.30. The van der Waals surface area contributed by atoms with E-state index in [2.05, 4.69) is 41.9 Å². The normalized spacial score (nSPS) is 12.4. The third kappa shape index (κ3) is 6.88. The first-order valence-electron chi connectivity index (χ1n) is 9.46. The van der Waals surface area contributed by atoms with Crippen LogP contribution in [0.3, 0.4) is 0 Å². The lowest BCUT2D eigenvalue weighted by Crippen LogP contribution is -2.43. The van der Waals surface area contributed by atoms with E-state index in [4.69, 9.17) is 9.73 Å². The number of benzene rings is 1. The maximum Gasteiger partial charge on any atom is 0.221 e. The Kier molecular flexibility index (Phi) is 8.32. The van der Waals surface area contributed by atoms with Gasteiger partial charge in [0.05, 0.1) is 19.3 Å². The monoisotopic (exact) mass is 402 g/mol. The number of guanidine groups is 1. The molecule has 152 valence electrons. The third-order valence-electron chi connectivity index (χ3n) is 4.03. The van der Waals surface area contributed by atoms with Crippen molar-refractivity contribution in [1.29, 1.82) is 0 Å². The maximum atomic E-state index is 11.4. The first-order chi connectivity index (χ1) is 13.4. The van der Waals surface area contributed by atoms with Gasteiger partial charge in [-0.05, 0) is 50.6 Å². The molecule has 6 nitrogen and oxygen atoms in total. The van der Waals surface area contributed by atoms with Crippen molar-refractivity contribution < 1.29 is 9.53 Å². The highest BCUT2D eigenvalue weighted by Gasteiger charge is 2.09. The number of rotatable bonds is 8. The molecule has 1 atom stereocenters. The van der Waals surface area contributed by atoms with Gasteiger partial charge in [0.1, 0.15) is 5.75 Å². The van der Waals surface area contributed by atoms with Gasteiger partial charge in [-0.3, -0.25) is 4.79 Å². The van der Waals surface area contributed by atoms with Crippen LogP contribution in [0.25, 0.3) is 0 Å². The molecule has 0 spiro atoms. The van der Waals surface area contributed by atoms with Gasteiger partial charge in [0, 0.05) is 35.7 Å². The smallest absolute Gasteiger partial charge is 0.221 e. The zero-order chi connectivity index (χ0) is 20.5. The van der Waals surface area contributed by atoms with Crippen molar-refractivity contribution in [3.63, 3.8) is 0 Å². The van der Waals surface area contributed by atoms with Gasteiger partial charge in [-0.25, -0.2) is 4.99 Å². The highest BCUT2D eigenvalue weighted by atomic mass is 32.1. The van der Waals surface area contributed by atoms with Crippen LogP contribution in [-0.4, -0.2) is 31.6 Å². The van der Waals surface area contributed by atoms with Gasteiger partial charge in [0.15, 0.2) is 5.96 Å². The fraction of sp³-hybridized carbons (Fsp3) is 0.429. The lowest BCUT2D eigenvalue weighted by atomic mass is 10.2. The summed E-state index contributed by atoms with van der Waals surface area (Å²) in [4.78, 5) is 18.8. The van der Waals surface area contributed by atoms with E-state index in [0.29, 0.717) is 18.0 Å². The molecule has 1 aromatic heterocycles. The van der Waals surface area contributed by atoms with Crippen LogP contribution in [0.2, 0.25) is 0 Å². The molecule has 0 bridgehead atoms. The number of ether oxygens (including phenoxy) is 1. The first kappa shape index (κ1) is 21.8. The van der Waals surface area contributed by atoms with Crippen molar-refractivity contribution in [2.24, 2.45) is 4.99 Å². The molecule has 3 N–H and O–H groups in total. The van der Waals surface area contributed by atoms with Crippen LogP contribution in [0, 0.1) is 6.92 Å². The second-order valence-corrected chi connectivity index (χ2v) is 8.05. The van der Waals surface area contributed by atoms with Gasteiger partial charge < -0.3 is 20.7 Å². The summed E-state index contributed by atoms with van der Waals surface area (Å²) in [5.74, 6) is 1.28. The number of anilines is 1. The number of thiophene rings is 1. The third-order valence-corrected chi connectivity index (χ3v) is 5.05. The molecule has 0 aliphatic heterocycles. The number of nitrogens with one attached hydrogen (secondary N) is 3. The van der Waals surface area contributed by atoms with Crippen molar-refractivity contribution in [2.75, 3.05) is 19.0 Å². The van der Waals surface area contributed by atoms with Crippen LogP contribution in [-0.2, 0) is 17.8 Å². The zero-order valence-electron chi connectivity index (χ0n) is 17.3. The van der Waals surface area contributed by atoms with E-state index in [1.54, 1.807) is 7.11 Å².